The number of benzene rings is 1. The van der Waals surface area contributed by atoms with Crippen molar-refractivity contribution in [1.82, 2.24) is 0 Å². The summed E-state index contributed by atoms with van der Waals surface area (Å²) < 4.78 is 17.8. The summed E-state index contributed by atoms with van der Waals surface area (Å²) in [4.78, 5) is 0. The molecule has 0 radical (unpaired) electrons. The molecule has 0 saturated carbocycles. The Hall–Kier alpha value is -1.74. The van der Waals surface area contributed by atoms with Crippen LogP contribution in [0.3, 0.4) is 0 Å². The summed E-state index contributed by atoms with van der Waals surface area (Å²) >= 11 is 0. The largest absolute Gasteiger partial charge is 0.380 e. The van der Waals surface area contributed by atoms with E-state index in [1.54, 1.807) is 19.2 Å². The number of allylic oxidation sites excluding steroid dienone is 3. The minimum atomic E-state index is -0.288. The lowest BCUT2D eigenvalue weighted by Gasteiger charge is -2.04. The van der Waals surface area contributed by atoms with Crippen molar-refractivity contribution in [2.45, 2.75) is 13.8 Å². The van der Waals surface area contributed by atoms with Gasteiger partial charge in [-0.1, -0.05) is 12.2 Å². The normalized spacial score (nSPS) is 12.7. The number of halogens is 1. The van der Waals surface area contributed by atoms with Gasteiger partial charge in [0, 0.05) is 7.11 Å². The second-order valence-electron chi connectivity index (χ2n) is 4.18. The zero-order chi connectivity index (χ0) is 13.5. The third kappa shape index (κ3) is 4.26. The maximum atomic E-state index is 12.8. The maximum Gasteiger partial charge on any atom is 0.123 e. The first kappa shape index (κ1) is 14.3. The highest BCUT2D eigenvalue weighted by molar-refractivity contribution is 6.10. The molecule has 0 fully saturated rings. The Labute approximate surface area is 107 Å². The van der Waals surface area contributed by atoms with E-state index in [0.29, 0.717) is 17.9 Å². The number of methoxy groups -OCH3 is 1. The number of ether oxygens (including phenoxy) is 1. The average molecular weight is 247 g/mol. The van der Waals surface area contributed by atoms with E-state index in [0.717, 1.165) is 11.1 Å². The molecule has 2 nitrogen and oxygen atoms in total. The lowest BCUT2D eigenvalue weighted by molar-refractivity contribution is 0.226. The van der Waals surface area contributed by atoms with Gasteiger partial charge in [-0.3, -0.25) is 5.41 Å². The van der Waals surface area contributed by atoms with Crippen molar-refractivity contribution in [3.05, 3.63) is 58.9 Å². The van der Waals surface area contributed by atoms with E-state index in [1.807, 2.05) is 26.0 Å². The molecule has 18 heavy (non-hydrogen) atoms. The molecule has 1 aromatic carbocycles. The molecule has 0 spiro atoms. The molecule has 0 aliphatic heterocycles. The van der Waals surface area contributed by atoms with Gasteiger partial charge in [-0.25, -0.2) is 4.39 Å². The minimum absolute atomic E-state index is 0.288. The first-order chi connectivity index (χ1) is 8.54. The van der Waals surface area contributed by atoms with Gasteiger partial charge in [0.25, 0.3) is 0 Å². The van der Waals surface area contributed by atoms with Crippen LogP contribution in [0.5, 0.6) is 0 Å². The van der Waals surface area contributed by atoms with Gasteiger partial charge in [0.1, 0.15) is 5.82 Å². The maximum absolute atomic E-state index is 12.8. The van der Waals surface area contributed by atoms with E-state index in [4.69, 9.17) is 10.1 Å². The Balaban J connectivity index is 2.81. The van der Waals surface area contributed by atoms with Crippen LogP contribution in [0.2, 0.25) is 0 Å². The molecule has 0 aliphatic rings. The zero-order valence-electron chi connectivity index (χ0n) is 11.0. The third-order valence-corrected chi connectivity index (χ3v) is 2.52. The molecule has 1 rings (SSSR count). The molecule has 0 aliphatic carbocycles. The van der Waals surface area contributed by atoms with E-state index in [9.17, 15) is 4.39 Å². The fraction of sp³-hybridized carbons (Fsp3) is 0.267. The molecule has 1 N–H and O–H groups in total. The summed E-state index contributed by atoms with van der Waals surface area (Å²) in [6.45, 7) is 4.41. The van der Waals surface area contributed by atoms with Gasteiger partial charge in [-0.05, 0) is 54.8 Å². The highest BCUT2D eigenvalue weighted by Gasteiger charge is 2.03. The van der Waals surface area contributed by atoms with Crippen molar-refractivity contribution in [2.75, 3.05) is 13.7 Å². The Morgan fingerprint density at radius 3 is 2.39 bits per heavy atom. The molecular formula is C15H18FNO. The highest BCUT2D eigenvalue weighted by Crippen LogP contribution is 2.10. The van der Waals surface area contributed by atoms with Crippen molar-refractivity contribution in [2.24, 2.45) is 0 Å². The van der Waals surface area contributed by atoms with Crippen molar-refractivity contribution in [3.63, 3.8) is 0 Å². The Bertz CT molecular complexity index is 472. The van der Waals surface area contributed by atoms with Crippen molar-refractivity contribution >= 4 is 5.71 Å². The molecule has 3 heteroatoms. The Kier molecular flexibility index (Phi) is 5.46. The molecule has 1 aromatic rings. The number of hydrogen-bond acceptors (Lipinski definition) is 2. The highest BCUT2D eigenvalue weighted by atomic mass is 19.1. The lowest BCUT2D eigenvalue weighted by atomic mass is 10.0. The smallest absolute Gasteiger partial charge is 0.123 e. The molecule has 0 aromatic heterocycles. The van der Waals surface area contributed by atoms with E-state index in [1.165, 1.54) is 12.1 Å². The second kappa shape index (κ2) is 6.87. The van der Waals surface area contributed by atoms with Gasteiger partial charge in [-0.15, -0.1) is 0 Å². The van der Waals surface area contributed by atoms with Crippen molar-refractivity contribution < 1.29 is 9.13 Å². The molecule has 0 heterocycles. The summed E-state index contributed by atoms with van der Waals surface area (Å²) in [7, 11) is 1.65. The van der Waals surface area contributed by atoms with Crippen molar-refractivity contribution in [1.29, 1.82) is 5.41 Å². The fourth-order valence-corrected chi connectivity index (χ4v) is 1.47. The van der Waals surface area contributed by atoms with Crippen LogP contribution >= 0.6 is 0 Å². The number of rotatable bonds is 5. The monoisotopic (exact) mass is 247 g/mol. The molecule has 0 amide bonds. The third-order valence-electron chi connectivity index (χ3n) is 2.52. The minimum Gasteiger partial charge on any atom is -0.380 e. The van der Waals surface area contributed by atoms with E-state index >= 15 is 0 Å². The summed E-state index contributed by atoms with van der Waals surface area (Å²) in [5.74, 6) is -0.288. The van der Waals surface area contributed by atoms with Crippen LogP contribution in [0, 0.1) is 11.2 Å². The number of nitrogens with one attached hydrogen (secondary N) is 1. The first-order valence-corrected chi connectivity index (χ1v) is 5.72. The van der Waals surface area contributed by atoms with E-state index in [2.05, 4.69) is 0 Å². The second-order valence-corrected chi connectivity index (χ2v) is 4.18. The standard InChI is InChI=1S/C15H18FNO/c1-11(10-18-3)4-5-12(2)15(17)13-6-8-14(16)9-7-13/h4-9,17H,10H2,1-3H3/b11-4+,12-5+,17-15?. The predicted molar refractivity (Wildman–Crippen MR) is 72.6 cm³/mol. The average Bonchev–Trinajstić information content (AvgIpc) is 2.36. The van der Waals surface area contributed by atoms with Crippen LogP contribution in [-0.2, 0) is 4.74 Å². The fourth-order valence-electron chi connectivity index (χ4n) is 1.47. The quantitative estimate of drug-likeness (QED) is 0.624. The summed E-state index contributed by atoms with van der Waals surface area (Å²) in [6.07, 6.45) is 3.80. The summed E-state index contributed by atoms with van der Waals surface area (Å²) in [5, 5.41) is 8.00. The van der Waals surface area contributed by atoms with Crippen LogP contribution in [0.15, 0.2) is 47.6 Å². The SMILES string of the molecule is COC/C(C)=C/C=C(\C)C(=N)c1ccc(F)cc1. The van der Waals surface area contributed by atoms with Crippen LogP contribution in [0.4, 0.5) is 4.39 Å². The molecule has 0 saturated heterocycles. The predicted octanol–water partition coefficient (Wildman–Crippen LogP) is 3.73. The van der Waals surface area contributed by atoms with Gasteiger partial charge >= 0.3 is 0 Å². The van der Waals surface area contributed by atoms with Crippen molar-refractivity contribution in [3.8, 4) is 0 Å². The first-order valence-electron chi connectivity index (χ1n) is 5.72. The van der Waals surface area contributed by atoms with Gasteiger partial charge in [-0.2, -0.15) is 0 Å². The lowest BCUT2D eigenvalue weighted by Crippen LogP contribution is -2.00. The molecular weight excluding hydrogens is 229 g/mol. The summed E-state index contributed by atoms with van der Waals surface area (Å²) in [6, 6.07) is 5.95. The van der Waals surface area contributed by atoms with Crippen LogP contribution in [0.1, 0.15) is 19.4 Å². The van der Waals surface area contributed by atoms with E-state index in [-0.39, 0.29) is 5.82 Å². The topological polar surface area (TPSA) is 33.1 Å². The van der Waals surface area contributed by atoms with Crippen LogP contribution < -0.4 is 0 Å². The van der Waals surface area contributed by atoms with Crippen LogP contribution in [-0.4, -0.2) is 19.4 Å². The van der Waals surface area contributed by atoms with Gasteiger partial charge in [0.05, 0.1) is 12.3 Å². The zero-order valence-corrected chi connectivity index (χ0v) is 11.0. The van der Waals surface area contributed by atoms with Gasteiger partial charge in [0.15, 0.2) is 0 Å². The molecule has 96 valence electrons. The van der Waals surface area contributed by atoms with Gasteiger partial charge < -0.3 is 4.74 Å². The Morgan fingerprint density at radius 2 is 1.83 bits per heavy atom. The molecule has 0 atom stereocenters. The number of hydrogen-bond donors (Lipinski definition) is 1. The Morgan fingerprint density at radius 1 is 1.22 bits per heavy atom. The molecule has 0 unspecified atom stereocenters. The van der Waals surface area contributed by atoms with Gasteiger partial charge in [0.2, 0.25) is 0 Å². The van der Waals surface area contributed by atoms with Crippen LogP contribution in [0.25, 0.3) is 0 Å². The van der Waals surface area contributed by atoms with E-state index < -0.39 is 0 Å². The molecule has 0 bridgehead atoms. The summed E-state index contributed by atoms with van der Waals surface area (Å²) in [5.41, 5.74) is 3.03.